The average molecular weight is 400 g/mol. The van der Waals surface area contributed by atoms with Crippen LogP contribution < -0.4 is 10.9 Å². The predicted molar refractivity (Wildman–Crippen MR) is 96.0 cm³/mol. The minimum Gasteiger partial charge on any atom is -0.376 e. The largest absolute Gasteiger partial charge is 0.417 e. The molecule has 1 amide bonds. The number of aryl methyl sites for hydroxylation is 1. The lowest BCUT2D eigenvalue weighted by molar-refractivity contribution is -0.136. The van der Waals surface area contributed by atoms with Gasteiger partial charge in [0.25, 0.3) is 5.56 Å². The first-order chi connectivity index (χ1) is 13.2. The lowest BCUT2D eigenvalue weighted by Gasteiger charge is -2.13. The second-order valence-electron chi connectivity index (χ2n) is 7.17. The number of alkyl halides is 3. The molecular formula is C18H23F3N4O3. The average Bonchev–Trinajstić information content (AvgIpc) is 3.27. The van der Waals surface area contributed by atoms with Crippen molar-refractivity contribution >= 4 is 16.9 Å². The van der Waals surface area contributed by atoms with E-state index in [2.05, 4.69) is 10.4 Å². The van der Waals surface area contributed by atoms with Crippen LogP contribution in [0.1, 0.15) is 44.7 Å². The quantitative estimate of drug-likeness (QED) is 0.808. The molecule has 2 aromatic rings. The van der Waals surface area contributed by atoms with E-state index in [1.54, 1.807) is 13.8 Å². The first kappa shape index (κ1) is 20.4. The second kappa shape index (κ2) is 7.94. The molecule has 3 rings (SSSR count). The molecule has 0 aliphatic carbocycles. The number of carbonyl (C=O) groups excluding carboxylic acids is 1. The Labute approximate surface area is 159 Å². The molecule has 1 fully saturated rings. The van der Waals surface area contributed by atoms with Crippen LogP contribution in [0.2, 0.25) is 0 Å². The van der Waals surface area contributed by atoms with Crippen molar-refractivity contribution in [3.05, 3.63) is 28.2 Å². The van der Waals surface area contributed by atoms with Crippen molar-refractivity contribution in [3.8, 4) is 0 Å². The third-order valence-corrected chi connectivity index (χ3v) is 4.74. The Morgan fingerprint density at radius 2 is 2.18 bits per heavy atom. The third-order valence-electron chi connectivity index (χ3n) is 4.74. The Hall–Kier alpha value is -2.36. The number of halogens is 3. The van der Waals surface area contributed by atoms with Gasteiger partial charge in [-0.25, -0.2) is 0 Å². The van der Waals surface area contributed by atoms with Gasteiger partial charge >= 0.3 is 6.18 Å². The first-order valence-corrected chi connectivity index (χ1v) is 9.25. The van der Waals surface area contributed by atoms with Gasteiger partial charge in [0.15, 0.2) is 5.65 Å². The van der Waals surface area contributed by atoms with Crippen LogP contribution in [0.5, 0.6) is 0 Å². The topological polar surface area (TPSA) is 78.2 Å². The molecule has 0 saturated carbocycles. The van der Waals surface area contributed by atoms with Crippen LogP contribution in [0, 0.1) is 0 Å². The van der Waals surface area contributed by atoms with E-state index in [4.69, 9.17) is 4.74 Å². The van der Waals surface area contributed by atoms with E-state index < -0.39 is 17.3 Å². The van der Waals surface area contributed by atoms with Crippen molar-refractivity contribution < 1.29 is 22.7 Å². The molecule has 7 nitrogen and oxygen atoms in total. The summed E-state index contributed by atoms with van der Waals surface area (Å²) in [6, 6.07) is 0.394. The molecule has 2 aromatic heterocycles. The molecular weight excluding hydrogens is 377 g/mol. The van der Waals surface area contributed by atoms with Gasteiger partial charge in [-0.3, -0.25) is 18.8 Å². The Morgan fingerprint density at radius 1 is 1.43 bits per heavy atom. The number of aromatic nitrogens is 3. The number of hydrogen-bond donors (Lipinski definition) is 1. The fourth-order valence-electron chi connectivity index (χ4n) is 3.20. The molecule has 0 radical (unpaired) electrons. The monoisotopic (exact) mass is 400 g/mol. The zero-order valence-corrected chi connectivity index (χ0v) is 15.8. The summed E-state index contributed by atoms with van der Waals surface area (Å²) in [5.74, 6) is -0.293. The van der Waals surface area contributed by atoms with Crippen molar-refractivity contribution in [2.24, 2.45) is 0 Å². The van der Waals surface area contributed by atoms with Crippen molar-refractivity contribution in [1.82, 2.24) is 19.7 Å². The number of hydrogen-bond acceptors (Lipinski definition) is 4. The number of pyridine rings is 1. The summed E-state index contributed by atoms with van der Waals surface area (Å²) < 4.78 is 47.9. The van der Waals surface area contributed by atoms with E-state index >= 15 is 0 Å². The second-order valence-corrected chi connectivity index (χ2v) is 7.17. The molecule has 3 heterocycles. The standard InChI is InChI=1S/C18H23F3N4O3/c1-11(2)25-10-13-14(18(19,20)21)8-16(27)24(17(13)23-25)6-5-15(26)22-9-12-4-3-7-28-12/h8,10-12H,3-7,9H2,1-2H3,(H,22,26)/t12-/m1/s1. The molecule has 10 heteroatoms. The normalized spacial score (nSPS) is 17.6. The Kier molecular flexibility index (Phi) is 5.78. The molecule has 1 saturated heterocycles. The van der Waals surface area contributed by atoms with Gasteiger partial charge in [0, 0.05) is 49.8 Å². The number of nitrogens with zero attached hydrogens (tertiary/aromatic N) is 3. The molecule has 0 unspecified atom stereocenters. The Morgan fingerprint density at radius 3 is 2.79 bits per heavy atom. The Balaban J connectivity index is 1.83. The van der Waals surface area contributed by atoms with Gasteiger partial charge in [0.2, 0.25) is 5.91 Å². The molecule has 1 atom stereocenters. The van der Waals surface area contributed by atoms with E-state index in [0.717, 1.165) is 17.4 Å². The summed E-state index contributed by atoms with van der Waals surface area (Å²) in [5, 5.41) is 6.75. The molecule has 0 aromatic carbocycles. The van der Waals surface area contributed by atoms with Crippen molar-refractivity contribution in [1.29, 1.82) is 0 Å². The van der Waals surface area contributed by atoms with Crippen LogP contribution in [0.3, 0.4) is 0 Å². The summed E-state index contributed by atoms with van der Waals surface area (Å²) in [7, 11) is 0. The minimum atomic E-state index is -4.67. The van der Waals surface area contributed by atoms with Crippen LogP contribution in [-0.2, 0) is 22.3 Å². The van der Waals surface area contributed by atoms with Gasteiger partial charge in [-0.15, -0.1) is 0 Å². The van der Waals surface area contributed by atoms with E-state index in [1.807, 2.05) is 0 Å². The highest BCUT2D eigenvalue weighted by atomic mass is 19.4. The number of fused-ring (bicyclic) bond motifs is 1. The number of carbonyl (C=O) groups is 1. The highest BCUT2D eigenvalue weighted by Crippen LogP contribution is 2.33. The van der Waals surface area contributed by atoms with Crippen molar-refractivity contribution in [2.45, 2.75) is 58.0 Å². The number of amides is 1. The zero-order valence-electron chi connectivity index (χ0n) is 15.8. The Bertz CT molecular complexity index is 911. The van der Waals surface area contributed by atoms with Crippen molar-refractivity contribution in [3.63, 3.8) is 0 Å². The van der Waals surface area contributed by atoms with Gasteiger partial charge in [-0.2, -0.15) is 18.3 Å². The van der Waals surface area contributed by atoms with E-state index in [0.29, 0.717) is 19.2 Å². The van der Waals surface area contributed by atoms with Gasteiger partial charge in [-0.05, 0) is 26.7 Å². The smallest absolute Gasteiger partial charge is 0.376 e. The molecule has 28 heavy (non-hydrogen) atoms. The lowest BCUT2D eigenvalue weighted by Crippen LogP contribution is -2.33. The maximum atomic E-state index is 13.3. The van der Waals surface area contributed by atoms with Crippen LogP contribution in [0.4, 0.5) is 13.2 Å². The maximum Gasteiger partial charge on any atom is 0.417 e. The summed E-state index contributed by atoms with van der Waals surface area (Å²) in [6.07, 6.45) is -1.59. The third kappa shape index (κ3) is 4.37. The summed E-state index contributed by atoms with van der Waals surface area (Å²) >= 11 is 0. The molecule has 0 bridgehead atoms. The van der Waals surface area contributed by atoms with Gasteiger partial charge in [-0.1, -0.05) is 0 Å². The maximum absolute atomic E-state index is 13.3. The number of nitrogens with one attached hydrogen (secondary N) is 1. The molecule has 1 N–H and O–H groups in total. The minimum absolute atomic E-state index is 0.00816. The fourth-order valence-corrected chi connectivity index (χ4v) is 3.20. The number of rotatable bonds is 6. The molecule has 154 valence electrons. The SMILES string of the molecule is CC(C)n1cc2c(C(F)(F)F)cc(=O)n(CCC(=O)NC[C@H]3CCCO3)c2n1. The van der Waals surface area contributed by atoms with E-state index in [9.17, 15) is 22.8 Å². The molecule has 1 aliphatic rings. The number of ether oxygens (including phenoxy) is 1. The van der Waals surface area contributed by atoms with Gasteiger partial charge in [0.05, 0.1) is 11.7 Å². The highest BCUT2D eigenvalue weighted by molar-refractivity contribution is 5.80. The zero-order chi connectivity index (χ0) is 20.5. The molecule has 0 spiro atoms. The van der Waals surface area contributed by atoms with Crippen LogP contribution in [-0.4, -0.2) is 39.5 Å². The summed E-state index contributed by atoms with van der Waals surface area (Å²) in [4.78, 5) is 24.4. The van der Waals surface area contributed by atoms with Crippen LogP contribution in [0.25, 0.3) is 11.0 Å². The van der Waals surface area contributed by atoms with Crippen LogP contribution in [0.15, 0.2) is 17.1 Å². The van der Waals surface area contributed by atoms with Gasteiger partial charge < -0.3 is 10.1 Å². The first-order valence-electron chi connectivity index (χ1n) is 9.25. The lowest BCUT2D eigenvalue weighted by atomic mass is 10.2. The van der Waals surface area contributed by atoms with E-state index in [1.165, 1.54) is 10.9 Å². The summed E-state index contributed by atoms with van der Waals surface area (Å²) in [5.41, 5.74) is -1.92. The molecule has 1 aliphatic heterocycles. The summed E-state index contributed by atoms with van der Waals surface area (Å²) in [6.45, 7) is 4.57. The van der Waals surface area contributed by atoms with Gasteiger partial charge in [0.1, 0.15) is 0 Å². The van der Waals surface area contributed by atoms with Crippen molar-refractivity contribution in [2.75, 3.05) is 13.2 Å². The van der Waals surface area contributed by atoms with Crippen LogP contribution >= 0.6 is 0 Å². The van der Waals surface area contributed by atoms with E-state index in [-0.39, 0.29) is 42.1 Å². The fraction of sp³-hybridized carbons (Fsp3) is 0.611. The predicted octanol–water partition coefficient (Wildman–Crippen LogP) is 2.48. The highest BCUT2D eigenvalue weighted by Gasteiger charge is 2.35.